The quantitative estimate of drug-likeness (QED) is 0.353. The molecule has 0 rings (SSSR count). The molecule has 0 fully saturated rings. The fourth-order valence-corrected chi connectivity index (χ4v) is 5.05. The molecule has 8 heteroatoms. The molecule has 0 aromatic carbocycles. The first-order valence-corrected chi connectivity index (χ1v) is 9.10. The van der Waals surface area contributed by atoms with Gasteiger partial charge in [0.1, 0.15) is 13.1 Å². The van der Waals surface area contributed by atoms with Gasteiger partial charge in [-0.25, -0.2) is 0 Å². The number of quaternary nitrogens is 2. The number of aliphatic hydroxyl groups is 2. The Morgan fingerprint density at radius 1 is 0.773 bits per heavy atom. The van der Waals surface area contributed by atoms with Gasteiger partial charge in [0, 0.05) is 0 Å². The first kappa shape index (κ1) is 21.9. The summed E-state index contributed by atoms with van der Waals surface area (Å²) < 4.78 is 0.773. The number of Topliss-reactive ketones (excluding diaryl/α,β-unsaturated/α-hetero) is 2. The van der Waals surface area contributed by atoms with Crippen LogP contribution in [-0.2, 0) is 9.59 Å². The SMILES string of the molecule is CC(=O)C(O)(C[N+](C)(C)C)SSC(O)(C[N+](C)(C)C)C(C)=O. The molecule has 0 radical (unpaired) electrons. The average molecular weight is 355 g/mol. The summed E-state index contributed by atoms with van der Waals surface area (Å²) in [5.74, 6) is -0.789. The van der Waals surface area contributed by atoms with Crippen molar-refractivity contribution in [2.75, 3.05) is 55.4 Å². The Morgan fingerprint density at radius 3 is 1.14 bits per heavy atom. The number of hydrogen-bond donors (Lipinski definition) is 2. The molecule has 0 aromatic heterocycles. The van der Waals surface area contributed by atoms with Crippen molar-refractivity contribution in [3.05, 3.63) is 0 Å². The van der Waals surface area contributed by atoms with E-state index in [1.165, 1.54) is 13.8 Å². The van der Waals surface area contributed by atoms with Gasteiger partial charge in [-0.1, -0.05) is 0 Å². The maximum absolute atomic E-state index is 11.9. The molecular weight excluding hydrogens is 324 g/mol. The highest BCUT2D eigenvalue weighted by Gasteiger charge is 2.46. The van der Waals surface area contributed by atoms with Crippen molar-refractivity contribution in [2.45, 2.75) is 23.7 Å². The molecule has 6 nitrogen and oxygen atoms in total. The Labute approximate surface area is 141 Å². The molecule has 0 aromatic rings. The maximum atomic E-state index is 11.9. The van der Waals surface area contributed by atoms with E-state index in [2.05, 4.69) is 0 Å². The van der Waals surface area contributed by atoms with Gasteiger partial charge in [0.25, 0.3) is 0 Å². The van der Waals surface area contributed by atoms with Crippen molar-refractivity contribution in [3.63, 3.8) is 0 Å². The number of ketones is 2. The predicted octanol–water partition coefficient (Wildman–Crippen LogP) is 0.335. The van der Waals surface area contributed by atoms with Crippen LogP contribution in [0.3, 0.4) is 0 Å². The van der Waals surface area contributed by atoms with Gasteiger partial charge in [-0.2, -0.15) is 0 Å². The molecule has 0 aliphatic rings. The van der Waals surface area contributed by atoms with Crippen molar-refractivity contribution >= 4 is 33.2 Å². The number of carbonyl (C=O) groups excluding carboxylic acids is 2. The summed E-state index contributed by atoms with van der Waals surface area (Å²) in [6.07, 6.45) is 0. The Hall–Kier alpha value is -0.120. The number of nitrogens with zero attached hydrogens (tertiary/aromatic N) is 2. The largest absolute Gasteiger partial charge is 0.367 e. The van der Waals surface area contributed by atoms with E-state index in [0.717, 1.165) is 21.6 Å². The summed E-state index contributed by atoms with van der Waals surface area (Å²) in [7, 11) is 12.9. The molecule has 2 unspecified atom stereocenters. The second kappa shape index (κ2) is 7.19. The van der Waals surface area contributed by atoms with E-state index in [1.807, 2.05) is 42.3 Å². The molecule has 0 aliphatic heterocycles. The van der Waals surface area contributed by atoms with Crippen LogP contribution < -0.4 is 0 Å². The van der Waals surface area contributed by atoms with Gasteiger partial charge in [-0.3, -0.25) is 9.59 Å². The monoisotopic (exact) mass is 354 g/mol. The van der Waals surface area contributed by atoms with E-state index in [9.17, 15) is 19.8 Å². The van der Waals surface area contributed by atoms with Gasteiger partial charge in [0.2, 0.25) is 9.87 Å². The van der Waals surface area contributed by atoms with Crippen LogP contribution in [0.5, 0.6) is 0 Å². The number of hydrogen-bond acceptors (Lipinski definition) is 6. The number of carbonyl (C=O) groups is 2. The average Bonchev–Trinajstić information content (AvgIpc) is 2.21. The summed E-state index contributed by atoms with van der Waals surface area (Å²) in [6, 6.07) is 0. The van der Waals surface area contributed by atoms with Crippen LogP contribution in [0.1, 0.15) is 13.8 Å². The van der Waals surface area contributed by atoms with Crippen molar-refractivity contribution < 1.29 is 28.8 Å². The first-order valence-electron chi connectivity index (χ1n) is 6.95. The van der Waals surface area contributed by atoms with E-state index >= 15 is 0 Å². The van der Waals surface area contributed by atoms with Gasteiger partial charge in [0.15, 0.2) is 11.6 Å². The molecule has 2 N–H and O–H groups in total. The second-order valence-corrected chi connectivity index (χ2v) is 10.4. The Kier molecular flexibility index (Phi) is 7.15. The molecule has 0 saturated heterocycles. The molecule has 0 spiro atoms. The van der Waals surface area contributed by atoms with Crippen LogP contribution in [0.2, 0.25) is 0 Å². The van der Waals surface area contributed by atoms with E-state index in [0.29, 0.717) is 8.97 Å². The van der Waals surface area contributed by atoms with Crippen LogP contribution in [0.25, 0.3) is 0 Å². The minimum atomic E-state index is -1.66. The second-order valence-electron chi connectivity index (χ2n) is 7.74. The summed E-state index contributed by atoms with van der Waals surface area (Å²) in [4.78, 5) is 20.4. The third kappa shape index (κ3) is 7.43. The molecule has 2 atom stereocenters. The zero-order valence-electron chi connectivity index (χ0n) is 14.8. The van der Waals surface area contributed by atoms with Gasteiger partial charge >= 0.3 is 0 Å². The highest BCUT2D eigenvalue weighted by molar-refractivity contribution is 8.77. The molecular formula is C14H30N2O4S2+2. The van der Waals surface area contributed by atoms with Crippen LogP contribution >= 0.6 is 21.6 Å². The lowest BCUT2D eigenvalue weighted by Crippen LogP contribution is -2.53. The van der Waals surface area contributed by atoms with Crippen molar-refractivity contribution in [1.82, 2.24) is 0 Å². The standard InChI is InChI=1S/C14H30N2O4S2/c1-11(17)13(19,9-15(3,4)5)21-22-14(20,12(2)18)10-16(6,7)8/h19-20H,9-10H2,1-8H3/q+2. The molecule has 0 heterocycles. The van der Waals surface area contributed by atoms with Crippen molar-refractivity contribution in [1.29, 1.82) is 0 Å². The van der Waals surface area contributed by atoms with Crippen LogP contribution in [0.15, 0.2) is 0 Å². The van der Waals surface area contributed by atoms with E-state index in [4.69, 9.17) is 0 Å². The Bertz CT molecular complexity index is 392. The molecule has 0 aliphatic carbocycles. The van der Waals surface area contributed by atoms with E-state index in [-0.39, 0.29) is 13.1 Å². The highest BCUT2D eigenvalue weighted by atomic mass is 33.1. The summed E-state index contributed by atoms with van der Waals surface area (Å²) in [5, 5.41) is 21.2. The minimum Gasteiger partial charge on any atom is -0.367 e. The van der Waals surface area contributed by atoms with Crippen LogP contribution in [0.4, 0.5) is 0 Å². The molecule has 130 valence electrons. The number of likely N-dealkylation sites (N-methyl/N-ethyl adjacent to an activating group) is 2. The lowest BCUT2D eigenvalue weighted by Gasteiger charge is -2.36. The zero-order valence-corrected chi connectivity index (χ0v) is 16.5. The Balaban J connectivity index is 5.24. The highest BCUT2D eigenvalue weighted by Crippen LogP contribution is 2.44. The molecule has 22 heavy (non-hydrogen) atoms. The molecule has 0 bridgehead atoms. The van der Waals surface area contributed by atoms with Gasteiger partial charge in [-0.15, -0.1) is 0 Å². The van der Waals surface area contributed by atoms with Crippen LogP contribution in [0, 0.1) is 0 Å². The predicted molar refractivity (Wildman–Crippen MR) is 92.2 cm³/mol. The van der Waals surface area contributed by atoms with Crippen molar-refractivity contribution in [2.24, 2.45) is 0 Å². The summed E-state index contributed by atoms with van der Waals surface area (Å²) >= 11 is 0. The smallest absolute Gasteiger partial charge is 0.228 e. The third-order valence-corrected chi connectivity index (χ3v) is 6.17. The topological polar surface area (TPSA) is 74.6 Å². The zero-order chi connectivity index (χ0) is 18.0. The fourth-order valence-electron chi connectivity index (χ4n) is 1.82. The van der Waals surface area contributed by atoms with Gasteiger partial charge in [-0.05, 0) is 35.4 Å². The van der Waals surface area contributed by atoms with Gasteiger partial charge in [0.05, 0.1) is 42.3 Å². The molecule has 0 amide bonds. The van der Waals surface area contributed by atoms with E-state index in [1.54, 1.807) is 0 Å². The summed E-state index contributed by atoms with van der Waals surface area (Å²) in [6.45, 7) is 2.99. The first-order chi connectivity index (χ1) is 9.51. The number of rotatable bonds is 9. The lowest BCUT2D eigenvalue weighted by atomic mass is 10.2. The van der Waals surface area contributed by atoms with Gasteiger partial charge < -0.3 is 19.2 Å². The molecule has 0 saturated carbocycles. The lowest BCUT2D eigenvalue weighted by molar-refractivity contribution is -0.873. The fraction of sp³-hybridized carbons (Fsp3) is 0.857. The Morgan fingerprint density at radius 2 is 1.00 bits per heavy atom. The minimum absolute atomic E-state index is 0.179. The van der Waals surface area contributed by atoms with Crippen molar-refractivity contribution in [3.8, 4) is 0 Å². The third-order valence-electron chi connectivity index (χ3n) is 2.79. The normalized spacial score (nSPS) is 18.5. The summed E-state index contributed by atoms with van der Waals surface area (Å²) in [5.41, 5.74) is 0. The maximum Gasteiger partial charge on any atom is 0.228 e. The van der Waals surface area contributed by atoms with Crippen LogP contribution in [-0.4, -0.2) is 96.0 Å². The van der Waals surface area contributed by atoms with E-state index < -0.39 is 21.4 Å².